The minimum Gasteiger partial charge on any atom is -0.492 e. The van der Waals surface area contributed by atoms with Gasteiger partial charge in [0.1, 0.15) is 11.5 Å². The largest absolute Gasteiger partial charge is 0.632 e. The van der Waals surface area contributed by atoms with Crippen molar-refractivity contribution in [2.24, 2.45) is 0 Å². The van der Waals surface area contributed by atoms with E-state index in [9.17, 15) is 0 Å². The third-order valence-electron chi connectivity index (χ3n) is 3.48. The molecule has 0 N–H and O–H groups in total. The summed E-state index contributed by atoms with van der Waals surface area (Å²) >= 11 is 0. The molecule has 124 valence electrons. The van der Waals surface area contributed by atoms with Gasteiger partial charge in [0.05, 0.1) is 0 Å². The van der Waals surface area contributed by atoms with E-state index < -0.39 is 8.80 Å². The summed E-state index contributed by atoms with van der Waals surface area (Å²) in [6.07, 6.45) is 3.35. The Bertz CT molecular complexity index is 504. The molecule has 0 aromatic heterocycles. The first-order chi connectivity index (χ1) is 11.3. The van der Waals surface area contributed by atoms with Gasteiger partial charge in [-0.2, -0.15) is 0 Å². The molecule has 0 atom stereocenters. The number of rotatable bonds is 10. The highest BCUT2D eigenvalue weighted by atomic mass is 28.4. The second-order valence-corrected chi connectivity index (χ2v) is 7.97. The monoisotopic (exact) mass is 330 g/mol. The van der Waals surface area contributed by atoms with Crippen LogP contribution in [0.25, 0.3) is 0 Å². The van der Waals surface area contributed by atoms with Crippen molar-refractivity contribution in [1.29, 1.82) is 0 Å². The second kappa shape index (κ2) is 9.38. The van der Waals surface area contributed by atoms with Crippen molar-refractivity contribution >= 4 is 8.80 Å². The fourth-order valence-electron chi connectivity index (χ4n) is 2.40. The summed E-state index contributed by atoms with van der Waals surface area (Å²) in [6, 6.07) is 20.5. The Kier molecular flexibility index (Phi) is 7.16. The summed E-state index contributed by atoms with van der Waals surface area (Å²) in [5, 5.41) is 0. The molecule has 0 aliphatic rings. The molecule has 0 fully saturated rings. The zero-order chi connectivity index (χ0) is 16.4. The van der Waals surface area contributed by atoms with Gasteiger partial charge >= 0.3 is 8.80 Å². The lowest BCUT2D eigenvalue weighted by atomic mass is 10.3. The van der Waals surface area contributed by atoms with E-state index in [1.165, 1.54) is 0 Å². The Morgan fingerprint density at radius 2 is 1.26 bits per heavy atom. The molecular formula is C19H26O3Si. The van der Waals surface area contributed by atoms with Crippen LogP contribution in [-0.4, -0.2) is 15.4 Å². The van der Waals surface area contributed by atoms with E-state index >= 15 is 0 Å². The smallest absolute Gasteiger partial charge is 0.492 e. The van der Waals surface area contributed by atoms with Crippen LogP contribution in [0.4, 0.5) is 0 Å². The quantitative estimate of drug-likeness (QED) is 0.436. The maximum Gasteiger partial charge on any atom is 0.632 e. The first kappa shape index (κ1) is 17.6. The molecule has 4 heteroatoms. The number of benzene rings is 2. The summed E-state index contributed by atoms with van der Waals surface area (Å²) in [6.45, 7) is 4.77. The van der Waals surface area contributed by atoms with Gasteiger partial charge in [-0.25, -0.2) is 0 Å². The van der Waals surface area contributed by atoms with Crippen LogP contribution in [0.2, 0.25) is 6.04 Å². The van der Waals surface area contributed by atoms with Crippen LogP contribution in [0.15, 0.2) is 60.7 Å². The molecule has 0 amide bonds. The van der Waals surface area contributed by atoms with E-state index in [2.05, 4.69) is 6.92 Å². The van der Waals surface area contributed by atoms with Gasteiger partial charge in [0, 0.05) is 12.7 Å². The van der Waals surface area contributed by atoms with Gasteiger partial charge in [-0.05, 0) is 37.6 Å². The predicted molar refractivity (Wildman–Crippen MR) is 95.9 cm³/mol. The minimum atomic E-state index is -2.81. The van der Waals surface area contributed by atoms with E-state index in [1.54, 1.807) is 0 Å². The third kappa shape index (κ3) is 5.73. The van der Waals surface area contributed by atoms with Crippen molar-refractivity contribution < 1.29 is 13.3 Å². The maximum absolute atomic E-state index is 6.29. The molecule has 2 aromatic rings. The standard InChI is InChI=1S/C19H26O3Si/c1-3-5-12-17-23(20-4-2,21-18-13-8-6-9-14-18)22-19-15-10-7-11-16-19/h6-11,13-16H,3-5,12,17H2,1-2H3. The van der Waals surface area contributed by atoms with Crippen LogP contribution in [0.5, 0.6) is 11.5 Å². The number of para-hydroxylation sites is 2. The zero-order valence-corrected chi connectivity index (χ0v) is 15.0. The zero-order valence-electron chi connectivity index (χ0n) is 14.0. The summed E-state index contributed by atoms with van der Waals surface area (Å²) in [4.78, 5) is 0. The van der Waals surface area contributed by atoms with E-state index in [-0.39, 0.29) is 0 Å². The van der Waals surface area contributed by atoms with Gasteiger partial charge in [0.25, 0.3) is 0 Å². The molecule has 0 aliphatic carbocycles. The predicted octanol–water partition coefficient (Wildman–Crippen LogP) is 5.31. The molecule has 3 nitrogen and oxygen atoms in total. The highest BCUT2D eigenvalue weighted by Crippen LogP contribution is 2.26. The normalized spacial score (nSPS) is 11.2. The molecule has 0 radical (unpaired) electrons. The highest BCUT2D eigenvalue weighted by Gasteiger charge is 2.45. The van der Waals surface area contributed by atoms with Crippen LogP contribution < -0.4 is 8.85 Å². The molecule has 2 rings (SSSR count). The van der Waals surface area contributed by atoms with E-state index in [0.29, 0.717) is 6.61 Å². The van der Waals surface area contributed by atoms with Crippen molar-refractivity contribution in [3.8, 4) is 11.5 Å². The average molecular weight is 331 g/mol. The first-order valence-electron chi connectivity index (χ1n) is 8.40. The van der Waals surface area contributed by atoms with Crippen LogP contribution in [0.1, 0.15) is 33.1 Å². The highest BCUT2D eigenvalue weighted by molar-refractivity contribution is 6.62. The lowest BCUT2D eigenvalue weighted by molar-refractivity contribution is 0.172. The molecule has 0 saturated carbocycles. The van der Waals surface area contributed by atoms with Crippen LogP contribution in [0.3, 0.4) is 0 Å². The maximum atomic E-state index is 6.29. The first-order valence-corrected chi connectivity index (χ1v) is 10.3. The Hall–Kier alpha value is -1.78. The van der Waals surface area contributed by atoms with Crippen molar-refractivity contribution in [2.75, 3.05) is 6.61 Å². The number of unbranched alkanes of at least 4 members (excludes halogenated alkanes) is 2. The molecule has 23 heavy (non-hydrogen) atoms. The van der Waals surface area contributed by atoms with Gasteiger partial charge in [-0.1, -0.05) is 56.2 Å². The Morgan fingerprint density at radius 3 is 1.70 bits per heavy atom. The Balaban J connectivity index is 2.21. The topological polar surface area (TPSA) is 27.7 Å². The molecule has 0 bridgehead atoms. The minimum absolute atomic E-state index is 0.581. The summed E-state index contributed by atoms with van der Waals surface area (Å²) < 4.78 is 18.7. The number of hydrogen-bond acceptors (Lipinski definition) is 3. The van der Waals surface area contributed by atoms with Gasteiger partial charge in [0.2, 0.25) is 0 Å². The van der Waals surface area contributed by atoms with Crippen molar-refractivity contribution in [3.63, 3.8) is 0 Å². The molecule has 0 saturated heterocycles. The summed E-state index contributed by atoms with van der Waals surface area (Å²) in [7, 11) is -2.81. The fraction of sp³-hybridized carbons (Fsp3) is 0.368. The van der Waals surface area contributed by atoms with Crippen molar-refractivity contribution in [3.05, 3.63) is 60.7 Å². The van der Waals surface area contributed by atoms with Crippen LogP contribution in [-0.2, 0) is 4.43 Å². The van der Waals surface area contributed by atoms with Gasteiger partial charge in [0.15, 0.2) is 0 Å². The molecule has 0 unspecified atom stereocenters. The molecule has 0 spiro atoms. The molecule has 0 heterocycles. The van der Waals surface area contributed by atoms with Crippen LogP contribution >= 0.6 is 0 Å². The molecular weight excluding hydrogens is 304 g/mol. The third-order valence-corrected chi connectivity index (χ3v) is 6.27. The van der Waals surface area contributed by atoms with E-state index in [1.807, 2.05) is 67.6 Å². The Labute approximate surface area is 140 Å². The van der Waals surface area contributed by atoms with Gasteiger partial charge in [-0.3, -0.25) is 0 Å². The Morgan fingerprint density at radius 1 is 0.739 bits per heavy atom. The summed E-state index contributed by atoms with van der Waals surface area (Å²) in [5.74, 6) is 1.61. The van der Waals surface area contributed by atoms with Crippen molar-refractivity contribution in [1.82, 2.24) is 0 Å². The van der Waals surface area contributed by atoms with E-state index in [0.717, 1.165) is 36.8 Å². The van der Waals surface area contributed by atoms with E-state index in [4.69, 9.17) is 13.3 Å². The van der Waals surface area contributed by atoms with Gasteiger partial charge in [-0.15, -0.1) is 0 Å². The lowest BCUT2D eigenvalue weighted by Crippen LogP contribution is -2.51. The van der Waals surface area contributed by atoms with Gasteiger partial charge < -0.3 is 13.3 Å². The molecule has 2 aromatic carbocycles. The number of hydrogen-bond donors (Lipinski definition) is 0. The van der Waals surface area contributed by atoms with Crippen molar-refractivity contribution in [2.45, 2.75) is 39.2 Å². The lowest BCUT2D eigenvalue weighted by Gasteiger charge is -2.30. The van der Waals surface area contributed by atoms with Crippen LogP contribution in [0, 0.1) is 0 Å². The average Bonchev–Trinajstić information content (AvgIpc) is 2.57. The fourth-order valence-corrected chi connectivity index (χ4v) is 5.02. The summed E-state index contributed by atoms with van der Waals surface area (Å²) in [5.41, 5.74) is 0. The second-order valence-electron chi connectivity index (χ2n) is 5.40. The molecule has 0 aliphatic heterocycles. The SMILES string of the molecule is CCCCC[Si](OCC)(Oc1ccccc1)Oc1ccccc1.